The molecule has 0 saturated heterocycles. The van der Waals surface area contributed by atoms with Crippen LogP contribution in [-0.4, -0.2) is 26.3 Å². The molecule has 3 aromatic carbocycles. The van der Waals surface area contributed by atoms with Crippen LogP contribution in [0.1, 0.15) is 31.1 Å². The molecule has 0 bridgehead atoms. The number of carboxylic acid groups (broad SMARTS) is 3. The molecule has 0 atom stereocenters. The lowest BCUT2D eigenvalue weighted by Gasteiger charge is -2.13. The molecule has 0 saturated carbocycles. The second-order valence-electron chi connectivity index (χ2n) is 6.17. The van der Waals surface area contributed by atoms with Crippen LogP contribution in [0.4, 0.5) is 0 Å². The Balaban J connectivity index is 1.87. The van der Waals surface area contributed by atoms with Gasteiger partial charge in [-0.05, 0) is 54.1 Å². The Labute approximate surface area is 180 Å². The summed E-state index contributed by atoms with van der Waals surface area (Å²) < 4.78 is 25.6. The van der Waals surface area contributed by atoms with Crippen molar-refractivity contribution in [3.8, 4) is 0 Å². The van der Waals surface area contributed by atoms with Gasteiger partial charge in [-0.2, -0.15) is 0 Å². The van der Waals surface area contributed by atoms with Gasteiger partial charge >= 0.3 is 0 Å². The highest BCUT2D eigenvalue weighted by Crippen LogP contribution is 2.30. The van der Waals surface area contributed by atoms with Crippen molar-refractivity contribution in [1.82, 2.24) is 0 Å². The van der Waals surface area contributed by atoms with E-state index in [0.29, 0.717) is 4.90 Å². The predicted molar refractivity (Wildman–Crippen MR) is 102 cm³/mol. The van der Waals surface area contributed by atoms with Gasteiger partial charge in [-0.1, -0.05) is 30.0 Å². The van der Waals surface area contributed by atoms with Crippen molar-refractivity contribution in [2.45, 2.75) is 19.6 Å². The fourth-order valence-electron chi connectivity index (χ4n) is 2.66. The first-order chi connectivity index (χ1) is 14.6. The maximum atomic E-state index is 12.8. The van der Waals surface area contributed by atoms with Gasteiger partial charge in [0, 0.05) is 20.9 Å². The topological polar surface area (TPSA) is 155 Å². The van der Waals surface area contributed by atoms with Crippen molar-refractivity contribution in [1.29, 1.82) is 0 Å². The highest BCUT2D eigenvalue weighted by atomic mass is 32.2. The number of hydrogen-bond donors (Lipinski definition) is 0. The van der Waals surface area contributed by atoms with Gasteiger partial charge in [0.15, 0.2) is 0 Å². The smallest absolute Gasteiger partial charge is 0.206 e. The lowest BCUT2D eigenvalue weighted by atomic mass is 10.1. The maximum Gasteiger partial charge on any atom is 0.206 e. The van der Waals surface area contributed by atoms with Gasteiger partial charge in [0.2, 0.25) is 9.84 Å². The van der Waals surface area contributed by atoms with E-state index in [1.165, 1.54) is 48.2 Å². The fraction of sp³-hybridized carbons (Fsp3) is 0. The summed E-state index contributed by atoms with van der Waals surface area (Å²) in [7, 11) is -4.13. The van der Waals surface area contributed by atoms with Crippen molar-refractivity contribution < 1.29 is 38.1 Å². The number of carbonyl (C=O) groups excluding carboxylic acids is 3. The van der Waals surface area contributed by atoms with E-state index in [2.05, 4.69) is 0 Å². The molecule has 31 heavy (non-hydrogen) atoms. The number of benzene rings is 3. The summed E-state index contributed by atoms with van der Waals surface area (Å²) in [6, 6.07) is 14.2. The molecule has 0 radical (unpaired) electrons. The van der Waals surface area contributed by atoms with Crippen LogP contribution >= 0.6 is 11.8 Å². The quantitative estimate of drug-likeness (QED) is 0.469. The van der Waals surface area contributed by atoms with E-state index < -0.39 is 43.8 Å². The Morgan fingerprint density at radius 3 is 1.58 bits per heavy atom. The lowest BCUT2D eigenvalue weighted by molar-refractivity contribution is -0.259. The number of hydrogen-bond acceptors (Lipinski definition) is 9. The Hall–Kier alpha value is -3.63. The summed E-state index contributed by atoms with van der Waals surface area (Å²) >= 11 is 1.27. The van der Waals surface area contributed by atoms with E-state index in [4.69, 9.17) is 0 Å². The zero-order chi connectivity index (χ0) is 22.8. The Morgan fingerprint density at radius 1 is 0.613 bits per heavy atom. The molecular weight excluding hydrogens is 444 g/mol. The summed E-state index contributed by atoms with van der Waals surface area (Å²) in [5.41, 5.74) is -1.45. The third-order valence-corrected chi connectivity index (χ3v) is 6.98. The van der Waals surface area contributed by atoms with E-state index in [-0.39, 0.29) is 10.5 Å². The molecule has 0 aliphatic heterocycles. The minimum atomic E-state index is -4.13. The molecule has 0 aliphatic rings. The Morgan fingerprint density at radius 2 is 1.10 bits per heavy atom. The minimum absolute atomic E-state index is 0.0337. The molecule has 0 unspecified atom stereocenters. The lowest BCUT2D eigenvalue weighted by Crippen LogP contribution is -2.30. The van der Waals surface area contributed by atoms with E-state index in [1.807, 2.05) is 0 Å². The van der Waals surface area contributed by atoms with Gasteiger partial charge in [0.1, 0.15) is 0 Å². The average molecular weight is 455 g/mol. The van der Waals surface area contributed by atoms with E-state index in [0.717, 1.165) is 23.1 Å². The van der Waals surface area contributed by atoms with E-state index in [1.54, 1.807) is 12.1 Å². The number of aromatic carboxylic acids is 3. The van der Waals surface area contributed by atoms with Gasteiger partial charge in [-0.25, -0.2) is 8.42 Å². The second kappa shape index (κ2) is 8.62. The SMILES string of the molecule is O=C([O-])c1ccc(Sc2ccc(S(=O)(=O)c3ccc(C(=O)[O-])c(C(=O)[O-])c3)cc2)cc1. The summed E-state index contributed by atoms with van der Waals surface area (Å²) in [4.78, 5) is 33.8. The highest BCUT2D eigenvalue weighted by Gasteiger charge is 2.20. The van der Waals surface area contributed by atoms with Gasteiger partial charge in [-0.3, -0.25) is 0 Å². The van der Waals surface area contributed by atoms with Crippen molar-refractivity contribution in [2.75, 3.05) is 0 Å². The van der Waals surface area contributed by atoms with Crippen LogP contribution in [0.3, 0.4) is 0 Å². The number of rotatable bonds is 7. The molecular formula is C21H11O8S2-3. The van der Waals surface area contributed by atoms with Crippen LogP contribution in [-0.2, 0) is 9.84 Å². The van der Waals surface area contributed by atoms with E-state index in [9.17, 15) is 38.1 Å². The van der Waals surface area contributed by atoms with Gasteiger partial charge < -0.3 is 29.7 Å². The molecule has 0 heterocycles. The molecule has 0 N–H and O–H groups in total. The van der Waals surface area contributed by atoms with Crippen molar-refractivity contribution in [3.63, 3.8) is 0 Å². The Kier molecular flexibility index (Phi) is 6.14. The molecule has 8 nitrogen and oxygen atoms in total. The molecule has 0 amide bonds. The first-order valence-electron chi connectivity index (χ1n) is 8.51. The molecule has 0 aromatic heterocycles. The third kappa shape index (κ3) is 4.76. The highest BCUT2D eigenvalue weighted by molar-refractivity contribution is 7.99. The van der Waals surface area contributed by atoms with Gasteiger partial charge in [-0.15, -0.1) is 0 Å². The van der Waals surface area contributed by atoms with Crippen molar-refractivity contribution >= 4 is 39.5 Å². The predicted octanol–water partition coefficient (Wildman–Crippen LogP) is -0.239. The fourth-order valence-corrected chi connectivity index (χ4v) is 4.76. The molecule has 0 spiro atoms. The van der Waals surface area contributed by atoms with Crippen LogP contribution in [0, 0.1) is 0 Å². The average Bonchev–Trinajstić information content (AvgIpc) is 2.74. The second-order valence-corrected chi connectivity index (χ2v) is 9.27. The normalized spacial score (nSPS) is 11.1. The van der Waals surface area contributed by atoms with Gasteiger partial charge in [0.05, 0.1) is 27.7 Å². The third-order valence-electron chi connectivity index (χ3n) is 4.20. The Bertz CT molecular complexity index is 1280. The first kappa shape index (κ1) is 22.1. The number of carboxylic acids is 3. The first-order valence-corrected chi connectivity index (χ1v) is 10.8. The number of carbonyl (C=O) groups is 3. The largest absolute Gasteiger partial charge is 0.545 e. The maximum absolute atomic E-state index is 12.8. The van der Waals surface area contributed by atoms with E-state index >= 15 is 0 Å². The zero-order valence-corrected chi connectivity index (χ0v) is 17.1. The molecule has 10 heteroatoms. The van der Waals surface area contributed by atoms with Gasteiger partial charge in [0.25, 0.3) is 0 Å². The van der Waals surface area contributed by atoms with Crippen LogP contribution in [0.5, 0.6) is 0 Å². The standard InChI is InChI=1S/C21H14O8S2/c22-19(23)12-1-3-13(4-2-12)30-14-5-7-15(8-6-14)31(28,29)16-9-10-17(20(24)25)18(11-16)21(26)27/h1-11H,(H,22,23)(H,24,25)(H,26,27)/p-3. The molecule has 0 fully saturated rings. The monoisotopic (exact) mass is 455 g/mol. The summed E-state index contributed by atoms with van der Waals surface area (Å²) in [6.45, 7) is 0. The summed E-state index contributed by atoms with van der Waals surface area (Å²) in [5, 5.41) is 33.0. The minimum Gasteiger partial charge on any atom is -0.545 e. The summed E-state index contributed by atoms with van der Waals surface area (Å²) in [5.74, 6) is -4.90. The van der Waals surface area contributed by atoms with Crippen LogP contribution < -0.4 is 15.3 Å². The molecule has 3 rings (SSSR count). The van der Waals surface area contributed by atoms with Crippen molar-refractivity contribution in [3.05, 3.63) is 83.4 Å². The summed E-state index contributed by atoms with van der Waals surface area (Å²) in [6.07, 6.45) is 0. The molecule has 3 aromatic rings. The zero-order valence-electron chi connectivity index (χ0n) is 15.4. The van der Waals surface area contributed by atoms with Crippen molar-refractivity contribution in [2.24, 2.45) is 0 Å². The van der Waals surface area contributed by atoms with Crippen LogP contribution in [0.15, 0.2) is 86.3 Å². The molecule has 158 valence electrons. The number of sulfone groups is 1. The van der Waals surface area contributed by atoms with Crippen LogP contribution in [0.2, 0.25) is 0 Å². The van der Waals surface area contributed by atoms with Crippen LogP contribution in [0.25, 0.3) is 0 Å². The molecule has 0 aliphatic carbocycles.